The van der Waals surface area contributed by atoms with Crippen LogP contribution in [0.15, 0.2) is 59.5 Å². The Morgan fingerprint density at radius 1 is 0.692 bits per heavy atom. The zero-order valence-electron chi connectivity index (χ0n) is 23.3. The second-order valence-corrected chi connectivity index (χ2v) is 11.2. The number of hydrogen-bond donors (Lipinski definition) is 0. The van der Waals surface area contributed by atoms with Gasteiger partial charge in [-0.2, -0.15) is 4.31 Å². The van der Waals surface area contributed by atoms with Crippen molar-refractivity contribution >= 4 is 16.3 Å². The number of hydrogen-bond acceptors (Lipinski definition) is 8. The van der Waals surface area contributed by atoms with Crippen molar-refractivity contribution in [2.24, 2.45) is 0 Å². The molecular weight excluding hydrogens is 522 g/mol. The molecule has 0 spiro atoms. The van der Waals surface area contributed by atoms with Gasteiger partial charge in [-0.1, -0.05) is 18.2 Å². The van der Waals surface area contributed by atoms with E-state index in [0.29, 0.717) is 39.7 Å². The maximum Gasteiger partial charge on any atom is 0.247 e. The predicted octanol–water partition coefficient (Wildman–Crippen LogP) is 4.60. The van der Waals surface area contributed by atoms with Crippen LogP contribution in [0.2, 0.25) is 0 Å². The molecule has 10 heteroatoms. The average Bonchev–Trinajstić information content (AvgIpc) is 2.96. The maximum atomic E-state index is 14.4. The van der Waals surface area contributed by atoms with Gasteiger partial charge in [-0.3, -0.25) is 0 Å². The van der Waals surface area contributed by atoms with Crippen molar-refractivity contribution < 1.29 is 36.9 Å². The minimum Gasteiger partial charge on any atom is -0.497 e. The molecule has 3 aromatic rings. The molecule has 0 atom stereocenters. The van der Waals surface area contributed by atoms with Crippen molar-refractivity contribution in [3.05, 3.63) is 71.3 Å². The van der Waals surface area contributed by atoms with Gasteiger partial charge in [0.05, 0.1) is 35.5 Å². The first kappa shape index (κ1) is 29.8. The summed E-state index contributed by atoms with van der Waals surface area (Å²) in [6.45, 7) is 3.38. The number of nitrogens with zero attached hydrogens (tertiary/aromatic N) is 1. The maximum absolute atomic E-state index is 14.4. The largest absolute Gasteiger partial charge is 0.497 e. The first-order valence-corrected chi connectivity index (χ1v) is 13.5. The van der Waals surface area contributed by atoms with Gasteiger partial charge in [0.2, 0.25) is 10.0 Å². The number of sulfonamides is 1. The smallest absolute Gasteiger partial charge is 0.247 e. The second kappa shape index (κ2) is 12.4. The molecule has 0 amide bonds. The van der Waals surface area contributed by atoms with E-state index < -0.39 is 15.4 Å². The molecule has 9 nitrogen and oxygen atoms in total. The van der Waals surface area contributed by atoms with Crippen molar-refractivity contribution in [3.8, 4) is 28.7 Å². The number of aldehydes is 1. The molecule has 0 aliphatic rings. The summed E-state index contributed by atoms with van der Waals surface area (Å²) in [5, 5.41) is 0. The minimum atomic E-state index is -4.19. The van der Waals surface area contributed by atoms with Gasteiger partial charge < -0.3 is 28.5 Å². The molecule has 0 aliphatic carbocycles. The summed E-state index contributed by atoms with van der Waals surface area (Å²) in [5.74, 6) is 2.26. The number of benzene rings is 3. The number of carbonyl (C=O) groups is 1. The Kier molecular flexibility index (Phi) is 9.47. The van der Waals surface area contributed by atoms with Gasteiger partial charge in [0.25, 0.3) is 0 Å². The van der Waals surface area contributed by atoms with Crippen LogP contribution < -0.4 is 23.7 Å². The van der Waals surface area contributed by atoms with Crippen molar-refractivity contribution in [1.29, 1.82) is 0 Å². The van der Waals surface area contributed by atoms with Crippen LogP contribution in [0, 0.1) is 0 Å². The molecule has 39 heavy (non-hydrogen) atoms. The van der Waals surface area contributed by atoms with Gasteiger partial charge in [-0.05, 0) is 43.7 Å². The molecule has 0 saturated heterocycles. The van der Waals surface area contributed by atoms with E-state index in [1.165, 1.54) is 31.7 Å². The lowest BCUT2D eigenvalue weighted by atomic mass is 9.86. The summed E-state index contributed by atoms with van der Waals surface area (Å²) >= 11 is 0. The molecule has 0 aromatic heterocycles. The van der Waals surface area contributed by atoms with Crippen molar-refractivity contribution in [3.63, 3.8) is 0 Å². The van der Waals surface area contributed by atoms with Gasteiger partial charge in [-0.15, -0.1) is 0 Å². The molecule has 0 heterocycles. The topological polar surface area (TPSA) is 101 Å². The molecule has 0 unspecified atom stereocenters. The van der Waals surface area contributed by atoms with Gasteiger partial charge in [0.15, 0.2) is 0 Å². The molecular formula is C29H35NO8S. The van der Waals surface area contributed by atoms with E-state index in [1.807, 2.05) is 0 Å². The summed E-state index contributed by atoms with van der Waals surface area (Å²) in [4.78, 5) is 11.7. The fraction of sp³-hybridized carbons (Fsp3) is 0.345. The third kappa shape index (κ3) is 6.46. The van der Waals surface area contributed by atoms with E-state index >= 15 is 0 Å². The van der Waals surface area contributed by atoms with Gasteiger partial charge >= 0.3 is 0 Å². The summed E-state index contributed by atoms with van der Waals surface area (Å²) in [5.41, 5.74) is 0.885. The number of methoxy groups -OCH3 is 5. The van der Waals surface area contributed by atoms with Crippen molar-refractivity contribution in [2.45, 2.75) is 37.2 Å². The highest BCUT2D eigenvalue weighted by Crippen LogP contribution is 2.36. The molecule has 3 rings (SSSR count). The average molecular weight is 558 g/mol. The summed E-state index contributed by atoms with van der Waals surface area (Å²) in [6, 6.07) is 15.1. The fourth-order valence-electron chi connectivity index (χ4n) is 4.06. The third-order valence-corrected chi connectivity index (χ3v) is 8.31. The Bertz CT molecular complexity index is 1360. The van der Waals surface area contributed by atoms with Crippen molar-refractivity contribution in [1.82, 2.24) is 4.31 Å². The van der Waals surface area contributed by atoms with Crippen LogP contribution in [0.1, 0.15) is 30.5 Å². The first-order valence-electron chi connectivity index (χ1n) is 12.1. The lowest BCUT2D eigenvalue weighted by Crippen LogP contribution is -2.31. The van der Waals surface area contributed by atoms with E-state index in [9.17, 15) is 13.2 Å². The molecule has 0 radical (unpaired) electrons. The minimum absolute atomic E-state index is 0.0326. The standard InChI is InChI=1S/C29H35NO8S/c1-29(2,19-31)22-10-13-25(36-5)28(14-22)39(32,33)30(17-20-8-11-23(34-3)15-26(20)37-6)18-21-9-12-24(35-4)16-27(21)38-7/h8-16,19H,17-18H2,1-7H3. The third-order valence-electron chi connectivity index (χ3n) is 6.50. The van der Waals surface area contributed by atoms with Crippen LogP contribution in [-0.2, 0) is 33.3 Å². The van der Waals surface area contributed by atoms with Crippen LogP contribution >= 0.6 is 0 Å². The normalized spacial score (nSPS) is 11.7. The number of carbonyl (C=O) groups excluding carboxylic acids is 1. The van der Waals surface area contributed by atoms with Crippen LogP contribution in [-0.4, -0.2) is 54.6 Å². The molecule has 0 aliphatic heterocycles. The zero-order valence-corrected chi connectivity index (χ0v) is 24.1. The van der Waals surface area contributed by atoms with Crippen LogP contribution in [0.4, 0.5) is 0 Å². The summed E-state index contributed by atoms with van der Waals surface area (Å²) in [6.07, 6.45) is 0.785. The van der Waals surface area contributed by atoms with Crippen molar-refractivity contribution in [2.75, 3.05) is 35.5 Å². The second-order valence-electron chi connectivity index (χ2n) is 9.33. The van der Waals surface area contributed by atoms with E-state index in [2.05, 4.69) is 0 Å². The highest BCUT2D eigenvalue weighted by Gasteiger charge is 2.32. The first-order chi connectivity index (χ1) is 18.5. The SMILES string of the molecule is COc1ccc(CN(Cc2ccc(OC)cc2OC)S(=O)(=O)c2cc(C(C)(C)C=O)ccc2OC)c(OC)c1. The Labute approximate surface area is 230 Å². The number of rotatable bonds is 13. The van der Waals surface area contributed by atoms with E-state index in [1.54, 1.807) is 76.6 Å². The summed E-state index contributed by atoms with van der Waals surface area (Å²) in [7, 11) is 3.32. The monoisotopic (exact) mass is 557 g/mol. The van der Waals surface area contributed by atoms with Gasteiger partial charge in [-0.25, -0.2) is 8.42 Å². The Hall–Kier alpha value is -3.76. The van der Waals surface area contributed by atoms with Gasteiger partial charge in [0, 0.05) is 41.8 Å². The quantitative estimate of drug-likeness (QED) is 0.281. The van der Waals surface area contributed by atoms with Crippen LogP contribution in [0.5, 0.6) is 28.7 Å². The molecule has 0 N–H and O–H groups in total. The fourth-order valence-corrected chi connectivity index (χ4v) is 5.63. The zero-order chi connectivity index (χ0) is 28.8. The number of ether oxygens (including phenoxy) is 5. The lowest BCUT2D eigenvalue weighted by molar-refractivity contribution is -0.111. The molecule has 0 saturated carbocycles. The lowest BCUT2D eigenvalue weighted by Gasteiger charge is -2.26. The molecule has 210 valence electrons. The summed E-state index contributed by atoms with van der Waals surface area (Å²) < 4.78 is 57.2. The van der Waals surface area contributed by atoms with E-state index in [-0.39, 0.29) is 23.7 Å². The Balaban J connectivity index is 2.20. The predicted molar refractivity (Wildman–Crippen MR) is 148 cm³/mol. The van der Waals surface area contributed by atoms with Crippen LogP contribution in [0.25, 0.3) is 0 Å². The Morgan fingerprint density at radius 2 is 1.18 bits per heavy atom. The Morgan fingerprint density at radius 3 is 1.59 bits per heavy atom. The van der Waals surface area contributed by atoms with Crippen LogP contribution in [0.3, 0.4) is 0 Å². The molecule has 3 aromatic carbocycles. The molecule has 0 fully saturated rings. The van der Waals surface area contributed by atoms with E-state index in [4.69, 9.17) is 23.7 Å². The highest BCUT2D eigenvalue weighted by atomic mass is 32.2. The molecule has 0 bridgehead atoms. The highest BCUT2D eigenvalue weighted by molar-refractivity contribution is 7.89. The van der Waals surface area contributed by atoms with E-state index in [0.717, 1.165) is 6.29 Å². The van der Waals surface area contributed by atoms with Gasteiger partial charge in [0.1, 0.15) is 39.9 Å².